The molecule has 0 atom stereocenters. The summed E-state index contributed by atoms with van der Waals surface area (Å²) in [6, 6.07) is 6.09. The molecule has 1 aliphatic heterocycles. The number of nitrogens with one attached hydrogen (secondary N) is 1. The second-order valence-corrected chi connectivity index (χ2v) is 6.20. The lowest BCUT2D eigenvalue weighted by molar-refractivity contribution is -0.118. The minimum absolute atomic E-state index is 0.172. The van der Waals surface area contributed by atoms with E-state index in [4.69, 9.17) is 0 Å². The number of piperidine rings is 1. The van der Waals surface area contributed by atoms with Gasteiger partial charge < -0.3 is 15.0 Å². The van der Waals surface area contributed by atoms with Crippen molar-refractivity contribution in [2.75, 3.05) is 25.0 Å². The second-order valence-electron chi connectivity index (χ2n) is 6.20. The smallest absolute Gasteiger partial charge is 0.238 e. The molecule has 24 heavy (non-hydrogen) atoms. The van der Waals surface area contributed by atoms with Gasteiger partial charge in [0.15, 0.2) is 0 Å². The van der Waals surface area contributed by atoms with Crippen LogP contribution in [-0.4, -0.2) is 45.1 Å². The first-order valence-corrected chi connectivity index (χ1v) is 7.95. The zero-order chi connectivity index (χ0) is 17.2. The van der Waals surface area contributed by atoms with Crippen LogP contribution in [0.4, 0.5) is 10.1 Å². The van der Waals surface area contributed by atoms with Crippen LogP contribution >= 0.6 is 0 Å². The van der Waals surface area contributed by atoms with E-state index in [1.165, 1.54) is 12.1 Å². The largest absolute Gasteiger partial charge is 0.382 e. The topological polar surface area (TPSA) is 70.4 Å². The van der Waals surface area contributed by atoms with E-state index in [1.807, 2.05) is 22.7 Å². The molecular formula is C17H21FN4O2. The molecule has 2 aromatic rings. The third-order valence-electron chi connectivity index (χ3n) is 4.44. The lowest BCUT2D eigenvalue weighted by Gasteiger charge is -2.37. The van der Waals surface area contributed by atoms with Crippen molar-refractivity contribution in [2.45, 2.75) is 18.4 Å². The van der Waals surface area contributed by atoms with Gasteiger partial charge in [-0.05, 0) is 25.0 Å². The maximum absolute atomic E-state index is 13.6. The summed E-state index contributed by atoms with van der Waals surface area (Å²) in [5, 5.41) is 13.4. The number of halogens is 1. The SMILES string of the molecule is Cn1ccnc1C1(O)CCN(CC(=O)Nc2ccccc2F)CC1. The van der Waals surface area contributed by atoms with E-state index in [0.717, 1.165) is 0 Å². The molecule has 6 nitrogen and oxygen atoms in total. The first-order chi connectivity index (χ1) is 11.5. The van der Waals surface area contributed by atoms with Crippen LogP contribution in [0.15, 0.2) is 36.7 Å². The van der Waals surface area contributed by atoms with Crippen molar-refractivity contribution in [3.63, 3.8) is 0 Å². The number of rotatable bonds is 4. The predicted molar refractivity (Wildman–Crippen MR) is 87.8 cm³/mol. The average molecular weight is 332 g/mol. The molecule has 1 amide bonds. The van der Waals surface area contributed by atoms with E-state index in [1.54, 1.807) is 18.3 Å². The van der Waals surface area contributed by atoms with Crippen molar-refractivity contribution in [3.8, 4) is 0 Å². The molecule has 1 aliphatic rings. The van der Waals surface area contributed by atoms with Crippen molar-refractivity contribution < 1.29 is 14.3 Å². The van der Waals surface area contributed by atoms with E-state index in [2.05, 4.69) is 10.3 Å². The zero-order valence-electron chi connectivity index (χ0n) is 13.6. The molecular weight excluding hydrogens is 311 g/mol. The summed E-state index contributed by atoms with van der Waals surface area (Å²) in [5.74, 6) is -0.0610. The Morgan fingerprint density at radius 2 is 2.08 bits per heavy atom. The Hall–Kier alpha value is -2.25. The molecule has 1 aromatic carbocycles. The molecule has 2 N–H and O–H groups in total. The van der Waals surface area contributed by atoms with E-state index in [9.17, 15) is 14.3 Å². The van der Waals surface area contributed by atoms with Crippen molar-refractivity contribution in [2.24, 2.45) is 7.05 Å². The predicted octanol–water partition coefficient (Wildman–Crippen LogP) is 1.48. The van der Waals surface area contributed by atoms with Gasteiger partial charge >= 0.3 is 0 Å². The summed E-state index contributed by atoms with van der Waals surface area (Å²) in [5.41, 5.74) is -0.777. The monoisotopic (exact) mass is 332 g/mol. The van der Waals surface area contributed by atoms with Gasteiger partial charge in [-0.15, -0.1) is 0 Å². The number of amides is 1. The Morgan fingerprint density at radius 1 is 1.38 bits per heavy atom. The van der Waals surface area contributed by atoms with Crippen LogP contribution < -0.4 is 5.32 Å². The lowest BCUT2D eigenvalue weighted by Crippen LogP contribution is -2.46. The van der Waals surface area contributed by atoms with Crippen molar-refractivity contribution >= 4 is 11.6 Å². The van der Waals surface area contributed by atoms with Gasteiger partial charge in [0.2, 0.25) is 5.91 Å². The number of aryl methyl sites for hydroxylation is 1. The highest BCUT2D eigenvalue weighted by Gasteiger charge is 2.37. The number of para-hydroxylation sites is 1. The Bertz CT molecular complexity index is 723. The molecule has 0 spiro atoms. The molecule has 0 bridgehead atoms. The normalized spacial score (nSPS) is 17.6. The summed E-state index contributed by atoms with van der Waals surface area (Å²) in [6.45, 7) is 1.33. The number of aromatic nitrogens is 2. The minimum Gasteiger partial charge on any atom is -0.382 e. The molecule has 0 radical (unpaired) electrons. The fourth-order valence-electron chi connectivity index (χ4n) is 3.07. The van der Waals surface area contributed by atoms with E-state index >= 15 is 0 Å². The summed E-state index contributed by atoms with van der Waals surface area (Å²) >= 11 is 0. The summed E-state index contributed by atoms with van der Waals surface area (Å²) in [4.78, 5) is 18.3. The van der Waals surface area contributed by atoms with Gasteiger partial charge in [0.25, 0.3) is 0 Å². The number of nitrogens with zero attached hydrogens (tertiary/aromatic N) is 3. The average Bonchev–Trinajstić information content (AvgIpc) is 2.99. The highest BCUT2D eigenvalue weighted by atomic mass is 19.1. The van der Waals surface area contributed by atoms with E-state index < -0.39 is 11.4 Å². The van der Waals surface area contributed by atoms with Crippen molar-refractivity contribution in [1.29, 1.82) is 0 Å². The number of carbonyl (C=O) groups is 1. The van der Waals surface area contributed by atoms with E-state index in [-0.39, 0.29) is 18.1 Å². The van der Waals surface area contributed by atoms with Gasteiger partial charge in [-0.2, -0.15) is 0 Å². The van der Waals surface area contributed by atoms with Crippen LogP contribution in [0.25, 0.3) is 0 Å². The molecule has 1 saturated heterocycles. The third kappa shape index (κ3) is 3.47. The first-order valence-electron chi connectivity index (χ1n) is 7.95. The maximum atomic E-state index is 13.6. The van der Waals surface area contributed by atoms with Gasteiger partial charge in [-0.25, -0.2) is 9.37 Å². The molecule has 0 aliphatic carbocycles. The number of benzene rings is 1. The number of carbonyl (C=O) groups excluding carboxylic acids is 1. The second kappa shape index (κ2) is 6.70. The Labute approximate surface area is 139 Å². The maximum Gasteiger partial charge on any atom is 0.238 e. The fraction of sp³-hybridized carbons (Fsp3) is 0.412. The number of anilines is 1. The highest BCUT2D eigenvalue weighted by Crippen LogP contribution is 2.31. The summed E-state index contributed by atoms with van der Waals surface area (Å²) < 4.78 is 15.4. The van der Waals surface area contributed by atoms with Crippen molar-refractivity contribution in [3.05, 3.63) is 48.3 Å². The number of hydrogen-bond donors (Lipinski definition) is 2. The van der Waals surface area contributed by atoms with Crippen LogP contribution in [0.5, 0.6) is 0 Å². The first kappa shape index (κ1) is 16.6. The molecule has 0 unspecified atom stereocenters. The molecule has 2 heterocycles. The Balaban J connectivity index is 1.55. The molecule has 1 aromatic heterocycles. The molecule has 0 saturated carbocycles. The summed E-state index contributed by atoms with van der Waals surface area (Å²) in [6.07, 6.45) is 4.48. The molecule has 3 rings (SSSR count). The minimum atomic E-state index is -0.962. The number of aliphatic hydroxyl groups is 1. The Kier molecular flexibility index (Phi) is 4.64. The van der Waals surface area contributed by atoms with Gasteiger partial charge in [0, 0.05) is 32.5 Å². The van der Waals surface area contributed by atoms with Gasteiger partial charge in [-0.1, -0.05) is 12.1 Å². The van der Waals surface area contributed by atoms with Gasteiger partial charge in [0.1, 0.15) is 17.2 Å². The molecule has 7 heteroatoms. The molecule has 128 valence electrons. The lowest BCUT2D eigenvalue weighted by atomic mass is 9.90. The number of likely N-dealkylation sites (tertiary alicyclic amines) is 1. The van der Waals surface area contributed by atoms with E-state index in [0.29, 0.717) is 31.8 Å². The quantitative estimate of drug-likeness (QED) is 0.890. The van der Waals surface area contributed by atoms with Crippen LogP contribution in [0.2, 0.25) is 0 Å². The number of hydrogen-bond acceptors (Lipinski definition) is 4. The van der Waals surface area contributed by atoms with Crippen LogP contribution in [0.1, 0.15) is 18.7 Å². The number of imidazole rings is 1. The highest BCUT2D eigenvalue weighted by molar-refractivity contribution is 5.92. The van der Waals surface area contributed by atoms with Crippen molar-refractivity contribution in [1.82, 2.24) is 14.5 Å². The zero-order valence-corrected chi connectivity index (χ0v) is 13.6. The van der Waals surface area contributed by atoms with Crippen LogP contribution in [-0.2, 0) is 17.4 Å². The summed E-state index contributed by atoms with van der Waals surface area (Å²) in [7, 11) is 1.86. The van der Waals surface area contributed by atoms with Gasteiger partial charge in [0.05, 0.1) is 12.2 Å². The third-order valence-corrected chi connectivity index (χ3v) is 4.44. The van der Waals surface area contributed by atoms with Gasteiger partial charge in [-0.3, -0.25) is 9.69 Å². The molecule has 1 fully saturated rings. The Morgan fingerprint density at radius 3 is 2.71 bits per heavy atom. The standard InChI is InChI=1S/C17H21FN4O2/c1-21-11-8-19-16(21)17(24)6-9-22(10-7-17)12-15(23)20-14-5-3-2-4-13(14)18/h2-5,8,11,24H,6-7,9-10,12H2,1H3,(H,20,23). The van der Waals surface area contributed by atoms with Crippen LogP contribution in [0.3, 0.4) is 0 Å². The fourth-order valence-corrected chi connectivity index (χ4v) is 3.07. The van der Waals surface area contributed by atoms with Crippen LogP contribution in [0, 0.1) is 5.82 Å².